The van der Waals surface area contributed by atoms with Crippen LogP contribution in [0.5, 0.6) is 5.75 Å². The van der Waals surface area contributed by atoms with Crippen LogP contribution in [0.25, 0.3) is 6.08 Å². The van der Waals surface area contributed by atoms with Gasteiger partial charge >= 0.3 is 11.7 Å². The third-order valence-corrected chi connectivity index (χ3v) is 2.19. The lowest BCUT2D eigenvalue weighted by atomic mass is 10.1. The van der Waals surface area contributed by atoms with Crippen molar-refractivity contribution < 1.29 is 19.6 Å². The molecule has 7 heteroatoms. The van der Waals surface area contributed by atoms with Crippen LogP contribution in [-0.4, -0.2) is 22.1 Å². The molecule has 1 N–H and O–H groups in total. The first kappa shape index (κ1) is 15.2. The average Bonchev–Trinajstić information content (AvgIpc) is 2.36. The largest absolute Gasteiger partial charge is 0.502 e. The maximum absolute atomic E-state index is 11.6. The monoisotopic (exact) mass is 276 g/mol. The Morgan fingerprint density at radius 3 is 2.70 bits per heavy atom. The average molecular weight is 276 g/mol. The van der Waals surface area contributed by atoms with E-state index in [0.29, 0.717) is 0 Å². The van der Waals surface area contributed by atoms with E-state index in [1.807, 2.05) is 0 Å². The number of nitriles is 1. The van der Waals surface area contributed by atoms with Crippen molar-refractivity contribution in [2.24, 2.45) is 0 Å². The highest BCUT2D eigenvalue weighted by molar-refractivity contribution is 5.98. The highest BCUT2D eigenvalue weighted by Crippen LogP contribution is 2.27. The molecule has 0 unspecified atom stereocenters. The van der Waals surface area contributed by atoms with Crippen LogP contribution < -0.4 is 0 Å². The second-order valence-electron chi connectivity index (χ2n) is 4.13. The molecule has 0 aliphatic carbocycles. The van der Waals surface area contributed by atoms with E-state index in [1.165, 1.54) is 6.07 Å². The number of nitro benzene ring substituents is 1. The Morgan fingerprint density at radius 2 is 2.20 bits per heavy atom. The van der Waals surface area contributed by atoms with Gasteiger partial charge in [0.15, 0.2) is 5.75 Å². The van der Waals surface area contributed by atoms with Gasteiger partial charge in [-0.1, -0.05) is 6.07 Å². The Hall–Kier alpha value is -2.88. The minimum atomic E-state index is -0.807. The molecule has 0 heterocycles. The predicted octanol–water partition coefficient (Wildman–Crippen LogP) is 2.16. The SMILES string of the molecule is CC(C)OC(=O)C(C#N)=Cc1ccc(O)c([N+](=O)[O-])c1. The minimum Gasteiger partial charge on any atom is -0.502 e. The van der Waals surface area contributed by atoms with Crippen LogP contribution >= 0.6 is 0 Å². The molecule has 20 heavy (non-hydrogen) atoms. The molecule has 0 saturated carbocycles. The van der Waals surface area contributed by atoms with Gasteiger partial charge in [-0.25, -0.2) is 4.79 Å². The second-order valence-corrected chi connectivity index (χ2v) is 4.13. The van der Waals surface area contributed by atoms with Crippen molar-refractivity contribution >= 4 is 17.7 Å². The number of nitrogens with zero attached hydrogens (tertiary/aromatic N) is 2. The summed E-state index contributed by atoms with van der Waals surface area (Å²) in [5, 5.41) is 28.9. The van der Waals surface area contributed by atoms with Crippen LogP contribution in [0.4, 0.5) is 5.69 Å². The van der Waals surface area contributed by atoms with E-state index in [2.05, 4.69) is 0 Å². The van der Waals surface area contributed by atoms with Crippen LogP contribution in [-0.2, 0) is 9.53 Å². The van der Waals surface area contributed by atoms with Crippen molar-refractivity contribution in [2.75, 3.05) is 0 Å². The number of hydrogen-bond donors (Lipinski definition) is 1. The van der Waals surface area contributed by atoms with E-state index in [4.69, 9.17) is 10.00 Å². The van der Waals surface area contributed by atoms with Gasteiger partial charge < -0.3 is 9.84 Å². The van der Waals surface area contributed by atoms with Crippen molar-refractivity contribution in [1.82, 2.24) is 0 Å². The summed E-state index contributed by atoms with van der Waals surface area (Å²) >= 11 is 0. The quantitative estimate of drug-likeness (QED) is 0.296. The topological polar surface area (TPSA) is 113 Å². The number of benzene rings is 1. The van der Waals surface area contributed by atoms with Gasteiger partial charge in [0.05, 0.1) is 11.0 Å². The summed E-state index contributed by atoms with van der Waals surface area (Å²) in [6, 6.07) is 5.21. The molecule has 0 bridgehead atoms. The standard InChI is InChI=1S/C13H12N2O5/c1-8(2)20-13(17)10(7-14)5-9-3-4-12(16)11(6-9)15(18)19/h3-6,8,16H,1-2H3. The fraction of sp³-hybridized carbons (Fsp3) is 0.231. The molecule has 0 atom stereocenters. The molecule has 104 valence electrons. The fourth-order valence-corrected chi connectivity index (χ4v) is 1.36. The lowest BCUT2D eigenvalue weighted by molar-refractivity contribution is -0.385. The van der Waals surface area contributed by atoms with Crippen molar-refractivity contribution in [2.45, 2.75) is 20.0 Å². The first-order valence-electron chi connectivity index (χ1n) is 5.65. The first-order valence-corrected chi connectivity index (χ1v) is 5.65. The van der Waals surface area contributed by atoms with E-state index < -0.39 is 22.3 Å². The molecule has 1 aromatic rings. The Morgan fingerprint density at radius 1 is 1.55 bits per heavy atom. The normalized spacial score (nSPS) is 11.0. The van der Waals surface area contributed by atoms with E-state index in [1.54, 1.807) is 19.9 Å². The maximum Gasteiger partial charge on any atom is 0.349 e. The van der Waals surface area contributed by atoms with E-state index >= 15 is 0 Å². The molecule has 7 nitrogen and oxygen atoms in total. The van der Waals surface area contributed by atoms with E-state index in [0.717, 1.165) is 18.2 Å². The highest BCUT2D eigenvalue weighted by atomic mass is 16.6. The number of phenolic OH excluding ortho intramolecular Hbond substituents is 1. The van der Waals surface area contributed by atoms with Gasteiger partial charge in [-0.15, -0.1) is 0 Å². The van der Waals surface area contributed by atoms with Crippen molar-refractivity contribution in [3.63, 3.8) is 0 Å². The lowest BCUT2D eigenvalue weighted by Gasteiger charge is -2.06. The molecule has 0 aromatic heterocycles. The molecule has 0 aliphatic rings. The summed E-state index contributed by atoms with van der Waals surface area (Å²) in [5.41, 5.74) is -0.543. The number of phenols is 1. The van der Waals surface area contributed by atoms with Gasteiger partial charge in [0, 0.05) is 6.07 Å². The summed E-state index contributed by atoms with van der Waals surface area (Å²) in [5.74, 6) is -1.30. The van der Waals surface area contributed by atoms with Crippen molar-refractivity contribution in [3.8, 4) is 11.8 Å². The number of carbonyl (C=O) groups is 1. The number of nitro groups is 1. The molecule has 1 aromatic carbocycles. The third-order valence-electron chi connectivity index (χ3n) is 2.19. The highest BCUT2D eigenvalue weighted by Gasteiger charge is 2.16. The maximum atomic E-state index is 11.6. The van der Waals surface area contributed by atoms with Crippen LogP contribution in [0.1, 0.15) is 19.4 Å². The Bertz CT molecular complexity index is 614. The molecule has 0 spiro atoms. The van der Waals surface area contributed by atoms with Crippen LogP contribution in [0.3, 0.4) is 0 Å². The van der Waals surface area contributed by atoms with Crippen LogP contribution in [0, 0.1) is 21.4 Å². The summed E-state index contributed by atoms with van der Waals surface area (Å²) < 4.78 is 4.86. The number of hydrogen-bond acceptors (Lipinski definition) is 6. The fourth-order valence-electron chi connectivity index (χ4n) is 1.36. The number of esters is 1. The first-order chi connectivity index (χ1) is 9.35. The third kappa shape index (κ3) is 3.81. The molecule has 0 amide bonds. The van der Waals surface area contributed by atoms with Gasteiger partial charge in [0.2, 0.25) is 0 Å². The lowest BCUT2D eigenvalue weighted by Crippen LogP contribution is -2.12. The number of aromatic hydroxyl groups is 1. The Balaban J connectivity index is 3.14. The molecule has 0 saturated heterocycles. The van der Waals surface area contributed by atoms with Crippen LogP contribution in [0.15, 0.2) is 23.8 Å². The zero-order chi connectivity index (χ0) is 15.3. The molecule has 0 radical (unpaired) electrons. The zero-order valence-corrected chi connectivity index (χ0v) is 10.9. The molecular weight excluding hydrogens is 264 g/mol. The summed E-state index contributed by atoms with van der Waals surface area (Å²) in [6.45, 7) is 3.27. The van der Waals surface area contributed by atoms with Gasteiger partial charge in [-0.3, -0.25) is 10.1 Å². The zero-order valence-electron chi connectivity index (χ0n) is 10.9. The summed E-state index contributed by atoms with van der Waals surface area (Å²) in [7, 11) is 0. The van der Waals surface area contributed by atoms with Gasteiger partial charge in [0.1, 0.15) is 11.6 Å². The second kappa shape index (κ2) is 6.33. The smallest absolute Gasteiger partial charge is 0.349 e. The van der Waals surface area contributed by atoms with Crippen LogP contribution in [0.2, 0.25) is 0 Å². The molecule has 0 fully saturated rings. The number of rotatable bonds is 4. The van der Waals surface area contributed by atoms with Gasteiger partial charge in [0.25, 0.3) is 0 Å². The molecular formula is C13H12N2O5. The Labute approximate surface area is 114 Å². The minimum absolute atomic E-state index is 0.242. The summed E-state index contributed by atoms with van der Waals surface area (Å²) in [6.07, 6.45) is 0.783. The van der Waals surface area contributed by atoms with Crippen molar-refractivity contribution in [3.05, 3.63) is 39.4 Å². The number of ether oxygens (including phenoxy) is 1. The van der Waals surface area contributed by atoms with E-state index in [-0.39, 0.29) is 17.2 Å². The van der Waals surface area contributed by atoms with Gasteiger partial charge in [-0.05, 0) is 31.6 Å². The molecule has 0 aliphatic heterocycles. The van der Waals surface area contributed by atoms with Crippen molar-refractivity contribution in [1.29, 1.82) is 5.26 Å². The summed E-state index contributed by atoms with van der Waals surface area (Å²) in [4.78, 5) is 21.5. The van der Waals surface area contributed by atoms with E-state index in [9.17, 15) is 20.0 Å². The molecule has 1 rings (SSSR count). The van der Waals surface area contributed by atoms with Gasteiger partial charge in [-0.2, -0.15) is 5.26 Å². The predicted molar refractivity (Wildman–Crippen MR) is 69.6 cm³/mol. The number of carbonyl (C=O) groups excluding carboxylic acids is 1. The Kier molecular flexibility index (Phi) is 4.81.